The molecule has 1 rings (SSSR count). The van der Waals surface area contributed by atoms with Crippen molar-refractivity contribution in [2.75, 3.05) is 13.7 Å². The van der Waals surface area contributed by atoms with Crippen LogP contribution in [0, 0.1) is 11.3 Å². The molecule has 8 heteroatoms. The SMILES string of the molecule is CC(C)CC(NC(=O)CNC(=O)c1ccccc1)C(=O)C(C)(C)C(=O)O.CO. The minimum Gasteiger partial charge on any atom is -0.481 e. The van der Waals surface area contributed by atoms with Gasteiger partial charge in [-0.05, 0) is 38.3 Å². The van der Waals surface area contributed by atoms with Crippen LogP contribution in [0.2, 0.25) is 0 Å². The molecule has 1 aromatic rings. The van der Waals surface area contributed by atoms with Crippen LogP contribution in [-0.4, -0.2) is 53.5 Å². The summed E-state index contributed by atoms with van der Waals surface area (Å²) in [5, 5.41) is 21.3. The van der Waals surface area contributed by atoms with Crippen molar-refractivity contribution in [1.29, 1.82) is 0 Å². The molecule has 0 aliphatic rings. The van der Waals surface area contributed by atoms with Gasteiger partial charge in [0.25, 0.3) is 5.91 Å². The van der Waals surface area contributed by atoms with E-state index in [9.17, 15) is 24.3 Å². The Labute approximate surface area is 165 Å². The van der Waals surface area contributed by atoms with E-state index >= 15 is 0 Å². The Morgan fingerprint density at radius 2 is 1.57 bits per heavy atom. The molecule has 8 nitrogen and oxygen atoms in total. The minimum atomic E-state index is -1.61. The lowest BCUT2D eigenvalue weighted by Crippen LogP contribution is -2.51. The molecule has 0 spiro atoms. The van der Waals surface area contributed by atoms with Crippen LogP contribution >= 0.6 is 0 Å². The second kappa shape index (κ2) is 11.9. The van der Waals surface area contributed by atoms with Gasteiger partial charge in [-0.15, -0.1) is 0 Å². The van der Waals surface area contributed by atoms with Crippen molar-refractivity contribution in [1.82, 2.24) is 10.6 Å². The number of rotatable bonds is 9. The van der Waals surface area contributed by atoms with Gasteiger partial charge in [-0.1, -0.05) is 32.0 Å². The smallest absolute Gasteiger partial charge is 0.316 e. The highest BCUT2D eigenvalue weighted by Crippen LogP contribution is 2.21. The monoisotopic (exact) mass is 394 g/mol. The van der Waals surface area contributed by atoms with E-state index in [2.05, 4.69) is 10.6 Å². The van der Waals surface area contributed by atoms with Crippen molar-refractivity contribution in [2.24, 2.45) is 11.3 Å². The van der Waals surface area contributed by atoms with E-state index < -0.39 is 35.0 Å². The van der Waals surface area contributed by atoms with Crippen LogP contribution < -0.4 is 10.6 Å². The van der Waals surface area contributed by atoms with Gasteiger partial charge in [0.2, 0.25) is 5.91 Å². The summed E-state index contributed by atoms with van der Waals surface area (Å²) >= 11 is 0. The minimum absolute atomic E-state index is 0.0766. The maximum absolute atomic E-state index is 12.6. The van der Waals surface area contributed by atoms with Crippen molar-refractivity contribution in [3.8, 4) is 0 Å². The zero-order valence-corrected chi connectivity index (χ0v) is 17.0. The van der Waals surface area contributed by atoms with Gasteiger partial charge in [-0.3, -0.25) is 19.2 Å². The summed E-state index contributed by atoms with van der Waals surface area (Å²) in [6.07, 6.45) is 0.313. The van der Waals surface area contributed by atoms with E-state index in [1.807, 2.05) is 13.8 Å². The number of Topliss-reactive ketones (excluding diaryl/α,β-unsaturated/α-hetero) is 1. The number of ketones is 1. The zero-order valence-electron chi connectivity index (χ0n) is 17.0. The molecule has 0 radical (unpaired) electrons. The molecule has 1 atom stereocenters. The third-order valence-electron chi connectivity index (χ3n) is 3.95. The molecular formula is C20H30N2O6. The summed E-state index contributed by atoms with van der Waals surface area (Å²) in [5.41, 5.74) is -1.19. The van der Waals surface area contributed by atoms with Crippen molar-refractivity contribution >= 4 is 23.6 Å². The normalized spacial score (nSPS) is 11.7. The standard InChI is InChI=1S/C19H26N2O5.CH4O/c1-12(2)10-14(16(23)19(3,4)18(25)26)21-15(22)11-20-17(24)13-8-6-5-7-9-13;1-2/h5-9,12,14H,10-11H2,1-4H3,(H,20,24)(H,21,22)(H,25,26);2H,1H3. The highest BCUT2D eigenvalue weighted by atomic mass is 16.4. The van der Waals surface area contributed by atoms with Crippen LogP contribution in [0.4, 0.5) is 0 Å². The lowest BCUT2D eigenvalue weighted by molar-refractivity contribution is -0.154. The summed E-state index contributed by atoms with van der Waals surface area (Å²) < 4.78 is 0. The fraction of sp³-hybridized carbons (Fsp3) is 0.500. The van der Waals surface area contributed by atoms with Crippen LogP contribution in [0.1, 0.15) is 44.5 Å². The number of carbonyl (C=O) groups excluding carboxylic acids is 3. The molecule has 0 aliphatic heterocycles. The predicted octanol–water partition coefficient (Wildman–Crippen LogP) is 1.24. The molecule has 156 valence electrons. The van der Waals surface area contributed by atoms with Gasteiger partial charge in [0, 0.05) is 12.7 Å². The molecule has 2 amide bonds. The van der Waals surface area contributed by atoms with E-state index in [1.54, 1.807) is 30.3 Å². The van der Waals surface area contributed by atoms with Gasteiger partial charge < -0.3 is 20.8 Å². The second-order valence-corrected chi connectivity index (χ2v) is 7.09. The molecule has 0 fully saturated rings. The predicted molar refractivity (Wildman–Crippen MR) is 105 cm³/mol. The van der Waals surface area contributed by atoms with Crippen LogP contribution in [-0.2, 0) is 14.4 Å². The molecule has 0 aliphatic carbocycles. The van der Waals surface area contributed by atoms with Gasteiger partial charge in [0.05, 0.1) is 12.6 Å². The average molecular weight is 394 g/mol. The molecule has 1 unspecified atom stereocenters. The Morgan fingerprint density at radius 3 is 2.04 bits per heavy atom. The molecule has 0 heterocycles. The number of carboxylic acid groups (broad SMARTS) is 1. The Morgan fingerprint density at radius 1 is 1.04 bits per heavy atom. The molecule has 0 saturated heterocycles. The first-order valence-electron chi connectivity index (χ1n) is 8.90. The topological polar surface area (TPSA) is 133 Å². The zero-order chi connectivity index (χ0) is 21.9. The van der Waals surface area contributed by atoms with Gasteiger partial charge in [-0.2, -0.15) is 0 Å². The fourth-order valence-electron chi connectivity index (χ4n) is 2.34. The quantitative estimate of drug-likeness (QED) is 0.466. The number of carboxylic acids is 1. The molecule has 4 N–H and O–H groups in total. The molecule has 1 aromatic carbocycles. The first-order chi connectivity index (χ1) is 13.1. The van der Waals surface area contributed by atoms with Crippen molar-refractivity contribution < 1.29 is 29.4 Å². The fourth-order valence-corrected chi connectivity index (χ4v) is 2.34. The Balaban J connectivity index is 0.00000352. The maximum atomic E-state index is 12.6. The average Bonchev–Trinajstić information content (AvgIpc) is 2.66. The highest BCUT2D eigenvalue weighted by molar-refractivity contribution is 6.06. The molecule has 0 aromatic heterocycles. The van der Waals surface area contributed by atoms with E-state index in [4.69, 9.17) is 5.11 Å². The molecule has 28 heavy (non-hydrogen) atoms. The van der Waals surface area contributed by atoms with Gasteiger partial charge in [0.15, 0.2) is 5.78 Å². The summed E-state index contributed by atoms with van der Waals surface area (Å²) in [6, 6.07) is 7.50. The van der Waals surface area contributed by atoms with E-state index in [-0.39, 0.29) is 12.5 Å². The number of benzene rings is 1. The first kappa shape index (κ1) is 25.3. The molecular weight excluding hydrogens is 364 g/mol. The van der Waals surface area contributed by atoms with Crippen molar-refractivity contribution in [2.45, 2.75) is 40.2 Å². The van der Waals surface area contributed by atoms with Crippen LogP contribution in [0.5, 0.6) is 0 Å². The van der Waals surface area contributed by atoms with Crippen LogP contribution in [0.3, 0.4) is 0 Å². The number of aliphatic hydroxyl groups is 1. The van der Waals surface area contributed by atoms with E-state index in [0.29, 0.717) is 12.0 Å². The highest BCUT2D eigenvalue weighted by Gasteiger charge is 2.40. The van der Waals surface area contributed by atoms with Crippen molar-refractivity contribution in [3.05, 3.63) is 35.9 Å². The maximum Gasteiger partial charge on any atom is 0.316 e. The van der Waals surface area contributed by atoms with Crippen LogP contribution in [0.25, 0.3) is 0 Å². The largest absolute Gasteiger partial charge is 0.481 e. The third-order valence-corrected chi connectivity index (χ3v) is 3.95. The molecule has 0 bridgehead atoms. The third kappa shape index (κ3) is 7.87. The Hall–Kier alpha value is -2.74. The Bertz CT molecular complexity index is 671. The lowest BCUT2D eigenvalue weighted by atomic mass is 9.82. The Kier molecular flexibility index (Phi) is 10.7. The summed E-state index contributed by atoms with van der Waals surface area (Å²) in [6.45, 7) is 6.07. The van der Waals surface area contributed by atoms with E-state index in [1.165, 1.54) is 13.8 Å². The van der Waals surface area contributed by atoms with E-state index in [0.717, 1.165) is 7.11 Å². The number of carbonyl (C=O) groups is 4. The van der Waals surface area contributed by atoms with Crippen LogP contribution in [0.15, 0.2) is 30.3 Å². The second-order valence-electron chi connectivity index (χ2n) is 7.09. The first-order valence-corrected chi connectivity index (χ1v) is 8.90. The molecule has 0 saturated carbocycles. The summed E-state index contributed by atoms with van der Waals surface area (Å²) in [4.78, 5) is 48.0. The summed E-state index contributed by atoms with van der Waals surface area (Å²) in [5.74, 6) is -2.69. The lowest BCUT2D eigenvalue weighted by Gasteiger charge is -2.26. The summed E-state index contributed by atoms with van der Waals surface area (Å²) in [7, 11) is 1.00. The number of hydrogen-bond donors (Lipinski definition) is 4. The van der Waals surface area contributed by atoms with Crippen molar-refractivity contribution in [3.63, 3.8) is 0 Å². The number of aliphatic hydroxyl groups excluding tert-OH is 1. The number of hydrogen-bond acceptors (Lipinski definition) is 5. The van der Waals surface area contributed by atoms with Gasteiger partial charge in [-0.25, -0.2) is 0 Å². The number of aliphatic carboxylic acids is 1. The van der Waals surface area contributed by atoms with Gasteiger partial charge >= 0.3 is 5.97 Å². The number of amides is 2. The van der Waals surface area contributed by atoms with Gasteiger partial charge in [0.1, 0.15) is 5.41 Å². The number of nitrogens with one attached hydrogen (secondary N) is 2.